The van der Waals surface area contributed by atoms with Crippen LogP contribution in [0.25, 0.3) is 11.0 Å². The summed E-state index contributed by atoms with van der Waals surface area (Å²) in [5.74, 6) is -0.728. The van der Waals surface area contributed by atoms with Gasteiger partial charge < -0.3 is 9.73 Å². The lowest BCUT2D eigenvalue weighted by molar-refractivity contribution is 0.0927. The summed E-state index contributed by atoms with van der Waals surface area (Å²) in [5, 5.41) is 4.27. The molecule has 0 unspecified atom stereocenters. The summed E-state index contributed by atoms with van der Waals surface area (Å²) >= 11 is 12.1. The molecule has 2 aromatic carbocycles. The number of carbonyl (C=O) groups excluding carboxylic acids is 1. The molecule has 1 aromatic heterocycles. The van der Waals surface area contributed by atoms with Crippen LogP contribution in [0.3, 0.4) is 0 Å². The number of para-hydroxylation sites is 1. The molecule has 0 saturated carbocycles. The predicted molar refractivity (Wildman–Crippen MR) is 107 cm³/mol. The molecule has 0 aliphatic carbocycles. The molecule has 3 rings (SSSR count). The zero-order valence-corrected chi connectivity index (χ0v) is 16.8. The van der Waals surface area contributed by atoms with Crippen LogP contribution < -0.4 is 5.32 Å². The van der Waals surface area contributed by atoms with Gasteiger partial charge in [0.15, 0.2) is 15.6 Å². The maximum Gasteiger partial charge on any atom is 0.287 e. The molecule has 0 aliphatic heterocycles. The summed E-state index contributed by atoms with van der Waals surface area (Å²) in [6, 6.07) is 12.3. The second kappa shape index (κ2) is 7.92. The van der Waals surface area contributed by atoms with Crippen molar-refractivity contribution in [3.05, 3.63) is 69.4 Å². The minimum Gasteiger partial charge on any atom is -0.451 e. The summed E-state index contributed by atoms with van der Waals surface area (Å²) in [6.07, 6.45) is 1.60. The van der Waals surface area contributed by atoms with E-state index in [0.29, 0.717) is 39.5 Å². The molecule has 5 nitrogen and oxygen atoms in total. The van der Waals surface area contributed by atoms with Crippen LogP contribution in [0.5, 0.6) is 0 Å². The molecule has 1 heterocycles. The van der Waals surface area contributed by atoms with Crippen LogP contribution in [0.15, 0.2) is 46.9 Å². The SMILES string of the molecule is CS(=O)(=O)Cc1c(C(=O)NCCc2cccc(Cl)c2Cl)oc2ccccc12. The number of furan rings is 1. The number of rotatable bonds is 6. The van der Waals surface area contributed by atoms with Crippen LogP contribution in [-0.4, -0.2) is 27.1 Å². The van der Waals surface area contributed by atoms with Gasteiger partial charge in [0.1, 0.15) is 5.58 Å². The summed E-state index contributed by atoms with van der Waals surface area (Å²) in [6.45, 7) is 0.300. The Morgan fingerprint density at radius 1 is 1.11 bits per heavy atom. The van der Waals surface area contributed by atoms with Crippen molar-refractivity contribution in [1.29, 1.82) is 0 Å². The number of hydrogen-bond donors (Lipinski definition) is 1. The summed E-state index contributed by atoms with van der Waals surface area (Å²) in [4.78, 5) is 12.6. The highest BCUT2D eigenvalue weighted by atomic mass is 35.5. The number of amides is 1. The fraction of sp³-hybridized carbons (Fsp3) is 0.211. The Balaban J connectivity index is 1.81. The molecule has 0 fully saturated rings. The van der Waals surface area contributed by atoms with Gasteiger partial charge in [0, 0.05) is 23.8 Å². The lowest BCUT2D eigenvalue weighted by atomic mass is 10.1. The smallest absolute Gasteiger partial charge is 0.287 e. The van der Waals surface area contributed by atoms with Crippen molar-refractivity contribution in [3.63, 3.8) is 0 Å². The van der Waals surface area contributed by atoms with Crippen LogP contribution in [-0.2, 0) is 22.0 Å². The first-order valence-electron chi connectivity index (χ1n) is 8.15. The van der Waals surface area contributed by atoms with E-state index in [2.05, 4.69) is 5.32 Å². The molecule has 0 spiro atoms. The normalized spacial score (nSPS) is 11.7. The van der Waals surface area contributed by atoms with Gasteiger partial charge in [-0.25, -0.2) is 8.42 Å². The predicted octanol–water partition coefficient (Wildman–Crippen LogP) is 4.26. The Morgan fingerprint density at radius 2 is 1.85 bits per heavy atom. The van der Waals surface area contributed by atoms with Gasteiger partial charge in [0.2, 0.25) is 0 Å². The van der Waals surface area contributed by atoms with E-state index in [1.54, 1.807) is 36.4 Å². The van der Waals surface area contributed by atoms with Gasteiger partial charge in [0.25, 0.3) is 5.91 Å². The number of nitrogens with one attached hydrogen (secondary N) is 1. The Bertz CT molecular complexity index is 1110. The molecule has 142 valence electrons. The molecule has 3 aromatic rings. The minimum atomic E-state index is -3.34. The fourth-order valence-corrected chi connectivity index (χ4v) is 4.05. The zero-order valence-electron chi connectivity index (χ0n) is 14.5. The van der Waals surface area contributed by atoms with E-state index in [4.69, 9.17) is 27.6 Å². The maximum absolute atomic E-state index is 12.6. The van der Waals surface area contributed by atoms with Gasteiger partial charge in [-0.15, -0.1) is 0 Å². The fourth-order valence-electron chi connectivity index (χ4n) is 2.82. The van der Waals surface area contributed by atoms with E-state index in [0.717, 1.165) is 11.8 Å². The van der Waals surface area contributed by atoms with E-state index in [-0.39, 0.29) is 11.5 Å². The van der Waals surface area contributed by atoms with Crippen molar-refractivity contribution >= 4 is 49.9 Å². The zero-order chi connectivity index (χ0) is 19.6. The van der Waals surface area contributed by atoms with E-state index in [1.807, 2.05) is 6.07 Å². The number of halogens is 2. The molecule has 27 heavy (non-hydrogen) atoms. The number of hydrogen-bond acceptors (Lipinski definition) is 4. The molecule has 0 atom stereocenters. The Morgan fingerprint density at radius 3 is 2.59 bits per heavy atom. The topological polar surface area (TPSA) is 76.4 Å². The van der Waals surface area contributed by atoms with Crippen LogP contribution >= 0.6 is 23.2 Å². The lowest BCUT2D eigenvalue weighted by Gasteiger charge is -2.07. The molecule has 0 bridgehead atoms. The van der Waals surface area contributed by atoms with Crippen molar-refractivity contribution in [2.24, 2.45) is 0 Å². The number of sulfone groups is 1. The van der Waals surface area contributed by atoms with E-state index < -0.39 is 15.7 Å². The number of fused-ring (bicyclic) bond motifs is 1. The molecule has 0 aliphatic rings. The van der Waals surface area contributed by atoms with Crippen molar-refractivity contribution in [2.75, 3.05) is 12.8 Å². The van der Waals surface area contributed by atoms with Gasteiger partial charge in [-0.05, 0) is 24.1 Å². The van der Waals surface area contributed by atoms with Gasteiger partial charge in [-0.1, -0.05) is 53.5 Å². The molecular weight excluding hydrogens is 409 g/mol. The molecule has 0 saturated heterocycles. The van der Waals surface area contributed by atoms with E-state index in [1.165, 1.54) is 0 Å². The molecule has 1 amide bonds. The third-order valence-electron chi connectivity index (χ3n) is 4.02. The largest absolute Gasteiger partial charge is 0.451 e. The third-order valence-corrected chi connectivity index (χ3v) is 5.69. The summed E-state index contributed by atoms with van der Waals surface area (Å²) < 4.78 is 29.2. The first-order valence-corrected chi connectivity index (χ1v) is 11.0. The second-order valence-electron chi connectivity index (χ2n) is 6.19. The van der Waals surface area contributed by atoms with Gasteiger partial charge in [-0.3, -0.25) is 4.79 Å². The first kappa shape index (κ1) is 19.7. The number of carbonyl (C=O) groups is 1. The lowest BCUT2D eigenvalue weighted by Crippen LogP contribution is -2.26. The van der Waals surface area contributed by atoms with Crippen LogP contribution in [0.4, 0.5) is 0 Å². The van der Waals surface area contributed by atoms with Crippen molar-refractivity contribution in [2.45, 2.75) is 12.2 Å². The van der Waals surface area contributed by atoms with Gasteiger partial charge >= 0.3 is 0 Å². The Hall–Kier alpha value is -2.02. The monoisotopic (exact) mass is 425 g/mol. The van der Waals surface area contributed by atoms with E-state index >= 15 is 0 Å². The average molecular weight is 426 g/mol. The first-order chi connectivity index (χ1) is 12.8. The Labute approximate surface area is 167 Å². The summed E-state index contributed by atoms with van der Waals surface area (Å²) in [5.41, 5.74) is 1.65. The quantitative estimate of drug-likeness (QED) is 0.639. The second-order valence-corrected chi connectivity index (χ2v) is 9.12. The highest BCUT2D eigenvalue weighted by Gasteiger charge is 2.23. The van der Waals surface area contributed by atoms with Crippen molar-refractivity contribution in [3.8, 4) is 0 Å². The molecular formula is C19H17Cl2NO4S. The highest BCUT2D eigenvalue weighted by molar-refractivity contribution is 7.89. The highest BCUT2D eigenvalue weighted by Crippen LogP contribution is 2.28. The van der Waals surface area contributed by atoms with E-state index in [9.17, 15) is 13.2 Å². The van der Waals surface area contributed by atoms with Crippen LogP contribution in [0.1, 0.15) is 21.7 Å². The van der Waals surface area contributed by atoms with Crippen LogP contribution in [0, 0.1) is 0 Å². The van der Waals surface area contributed by atoms with Crippen molar-refractivity contribution < 1.29 is 17.6 Å². The average Bonchev–Trinajstić information content (AvgIpc) is 2.96. The van der Waals surface area contributed by atoms with Crippen LogP contribution in [0.2, 0.25) is 10.0 Å². The van der Waals surface area contributed by atoms with Gasteiger partial charge in [0.05, 0.1) is 15.8 Å². The van der Waals surface area contributed by atoms with Gasteiger partial charge in [-0.2, -0.15) is 0 Å². The van der Waals surface area contributed by atoms with Crippen molar-refractivity contribution in [1.82, 2.24) is 5.32 Å². The molecule has 8 heteroatoms. The summed E-state index contributed by atoms with van der Waals surface area (Å²) in [7, 11) is -3.34. The number of benzene rings is 2. The minimum absolute atomic E-state index is 0.0128. The third kappa shape index (κ3) is 4.64. The molecule has 0 radical (unpaired) electrons. The standard InChI is InChI=1S/C19H17Cl2NO4S/c1-27(24,25)11-14-13-6-2-3-8-16(13)26-18(14)19(23)22-10-9-12-5-4-7-15(20)17(12)21/h2-8H,9-11H2,1H3,(H,22,23). The Kier molecular flexibility index (Phi) is 5.79. The molecule has 1 N–H and O–H groups in total. The maximum atomic E-state index is 12.6.